The molecule has 0 spiro atoms. The Bertz CT molecular complexity index is 1080. The number of carbonyl (C=O) groups is 3. The van der Waals surface area contributed by atoms with E-state index in [1.165, 1.54) is 14.1 Å². The Hall–Kier alpha value is -3.69. The van der Waals surface area contributed by atoms with Crippen LogP contribution in [0.2, 0.25) is 0 Å². The van der Waals surface area contributed by atoms with Crippen molar-refractivity contribution >= 4 is 23.5 Å². The van der Waals surface area contributed by atoms with Gasteiger partial charge in [0.25, 0.3) is 11.5 Å². The van der Waals surface area contributed by atoms with Crippen molar-refractivity contribution in [2.24, 2.45) is 14.1 Å². The molecule has 0 bridgehead atoms. The van der Waals surface area contributed by atoms with Crippen molar-refractivity contribution < 1.29 is 19.1 Å². The van der Waals surface area contributed by atoms with E-state index >= 15 is 0 Å². The van der Waals surface area contributed by atoms with Crippen molar-refractivity contribution in [3.05, 3.63) is 61.8 Å². The van der Waals surface area contributed by atoms with Gasteiger partial charge in [0.1, 0.15) is 11.4 Å². The largest absolute Gasteiger partial charge is 0.457 e. The molecule has 1 aromatic carbocycles. The fourth-order valence-corrected chi connectivity index (χ4v) is 2.61. The summed E-state index contributed by atoms with van der Waals surface area (Å²) in [6, 6.07) is 7.01. The van der Waals surface area contributed by atoms with E-state index in [9.17, 15) is 24.0 Å². The monoisotopic (exact) mass is 402 g/mol. The highest BCUT2D eigenvalue weighted by molar-refractivity contribution is 6.01. The van der Waals surface area contributed by atoms with Gasteiger partial charge in [0.2, 0.25) is 5.78 Å². The SMILES string of the molecule is Cc1ccccc1C(=O)NCCC(=O)OCC(=O)c1c(N)n(C)c(=O)n(C)c1=O. The minimum Gasteiger partial charge on any atom is -0.457 e. The fraction of sp³-hybridized carbons (Fsp3) is 0.316. The number of ketones is 1. The van der Waals surface area contributed by atoms with E-state index in [-0.39, 0.29) is 24.7 Å². The van der Waals surface area contributed by atoms with Gasteiger partial charge in [-0.2, -0.15) is 0 Å². The van der Waals surface area contributed by atoms with Gasteiger partial charge >= 0.3 is 11.7 Å². The summed E-state index contributed by atoms with van der Waals surface area (Å²) < 4.78 is 6.56. The van der Waals surface area contributed by atoms with Crippen molar-refractivity contribution in [1.82, 2.24) is 14.5 Å². The second-order valence-corrected chi connectivity index (χ2v) is 6.37. The third-order valence-corrected chi connectivity index (χ3v) is 4.36. The summed E-state index contributed by atoms with van der Waals surface area (Å²) in [6.07, 6.45) is -0.161. The summed E-state index contributed by atoms with van der Waals surface area (Å²) in [6.45, 7) is 1.11. The number of aromatic nitrogens is 2. The van der Waals surface area contributed by atoms with E-state index in [4.69, 9.17) is 10.5 Å². The number of aryl methyl sites for hydroxylation is 1. The molecule has 1 aromatic heterocycles. The smallest absolute Gasteiger partial charge is 0.332 e. The highest BCUT2D eigenvalue weighted by atomic mass is 16.5. The number of rotatable bonds is 7. The quantitative estimate of drug-likeness (QED) is 0.470. The molecule has 2 rings (SSSR count). The number of hydrogen-bond acceptors (Lipinski definition) is 7. The normalized spacial score (nSPS) is 10.4. The van der Waals surface area contributed by atoms with Crippen LogP contribution in [0.4, 0.5) is 5.82 Å². The van der Waals surface area contributed by atoms with Crippen molar-refractivity contribution in [1.29, 1.82) is 0 Å². The number of amides is 1. The van der Waals surface area contributed by atoms with E-state index in [0.29, 0.717) is 5.56 Å². The number of anilines is 1. The van der Waals surface area contributed by atoms with Gasteiger partial charge < -0.3 is 15.8 Å². The van der Waals surface area contributed by atoms with Crippen LogP contribution in [-0.2, 0) is 23.6 Å². The molecule has 1 heterocycles. The number of esters is 1. The standard InChI is InChI=1S/C19H22N4O6/c1-11-6-4-5-7-12(11)17(26)21-9-8-14(25)29-10-13(24)15-16(20)22(2)19(28)23(3)18(15)27/h4-7H,8-10,20H2,1-3H3,(H,21,26). The van der Waals surface area contributed by atoms with Crippen LogP contribution < -0.4 is 22.3 Å². The molecule has 0 radical (unpaired) electrons. The number of hydrogen-bond donors (Lipinski definition) is 2. The number of nitrogens with one attached hydrogen (secondary N) is 1. The van der Waals surface area contributed by atoms with Crippen LogP contribution in [0.1, 0.15) is 32.7 Å². The molecule has 29 heavy (non-hydrogen) atoms. The molecular formula is C19H22N4O6. The maximum atomic E-state index is 12.3. The van der Waals surface area contributed by atoms with E-state index in [1.807, 2.05) is 6.07 Å². The van der Waals surface area contributed by atoms with Gasteiger partial charge in [-0.1, -0.05) is 18.2 Å². The van der Waals surface area contributed by atoms with Gasteiger partial charge in [-0.25, -0.2) is 4.79 Å². The number of nitrogens with zero attached hydrogens (tertiary/aromatic N) is 2. The lowest BCUT2D eigenvalue weighted by Crippen LogP contribution is -2.42. The number of ether oxygens (including phenoxy) is 1. The molecule has 1 amide bonds. The number of benzene rings is 1. The van der Waals surface area contributed by atoms with Crippen LogP contribution in [0, 0.1) is 6.92 Å². The Balaban J connectivity index is 1.91. The van der Waals surface area contributed by atoms with Gasteiger partial charge in [-0.15, -0.1) is 0 Å². The first-order chi connectivity index (χ1) is 13.6. The number of carbonyl (C=O) groups excluding carboxylic acids is 3. The third-order valence-electron chi connectivity index (χ3n) is 4.36. The highest BCUT2D eigenvalue weighted by Crippen LogP contribution is 2.07. The van der Waals surface area contributed by atoms with Crippen LogP contribution in [0.3, 0.4) is 0 Å². The van der Waals surface area contributed by atoms with Crippen LogP contribution in [0.15, 0.2) is 33.9 Å². The summed E-state index contributed by atoms with van der Waals surface area (Å²) in [4.78, 5) is 60.0. The Morgan fingerprint density at radius 2 is 1.76 bits per heavy atom. The highest BCUT2D eigenvalue weighted by Gasteiger charge is 2.21. The molecule has 0 aliphatic carbocycles. The average molecular weight is 402 g/mol. The molecule has 10 nitrogen and oxygen atoms in total. The van der Waals surface area contributed by atoms with Gasteiger partial charge in [-0.05, 0) is 18.6 Å². The number of Topliss-reactive ketones (excluding diaryl/α,β-unsaturated/α-hetero) is 1. The predicted octanol–water partition coefficient (Wildman–Crippen LogP) is -0.479. The van der Waals surface area contributed by atoms with E-state index in [2.05, 4.69) is 5.32 Å². The van der Waals surface area contributed by atoms with Crippen LogP contribution in [0.25, 0.3) is 0 Å². The topological polar surface area (TPSA) is 142 Å². The van der Waals surface area contributed by atoms with Crippen molar-refractivity contribution in [2.45, 2.75) is 13.3 Å². The fourth-order valence-electron chi connectivity index (χ4n) is 2.61. The summed E-state index contributed by atoms with van der Waals surface area (Å²) >= 11 is 0. The summed E-state index contributed by atoms with van der Waals surface area (Å²) in [7, 11) is 2.53. The molecule has 0 aliphatic heterocycles. The second-order valence-electron chi connectivity index (χ2n) is 6.37. The Labute approximate surface area is 165 Å². The number of nitrogens with two attached hydrogens (primary N) is 1. The van der Waals surface area contributed by atoms with Crippen molar-refractivity contribution in [2.75, 3.05) is 18.9 Å². The lowest BCUT2D eigenvalue weighted by molar-refractivity contribution is -0.142. The van der Waals surface area contributed by atoms with Gasteiger partial charge in [0.05, 0.1) is 6.42 Å². The zero-order chi connectivity index (χ0) is 21.7. The Morgan fingerprint density at radius 3 is 2.41 bits per heavy atom. The Morgan fingerprint density at radius 1 is 1.10 bits per heavy atom. The molecule has 0 fully saturated rings. The molecule has 0 atom stereocenters. The minimum absolute atomic E-state index is 0.0178. The molecule has 0 aliphatic rings. The second kappa shape index (κ2) is 9.00. The third kappa shape index (κ3) is 4.78. The molecule has 0 unspecified atom stereocenters. The van der Waals surface area contributed by atoms with Crippen LogP contribution >= 0.6 is 0 Å². The Kier molecular flexibility index (Phi) is 6.71. The molecule has 0 saturated heterocycles. The molecular weight excluding hydrogens is 380 g/mol. The minimum atomic E-state index is -0.864. The number of nitrogen functional groups attached to an aromatic ring is 1. The first-order valence-corrected chi connectivity index (χ1v) is 8.73. The summed E-state index contributed by atoms with van der Waals surface area (Å²) in [5.41, 5.74) is 5.02. The van der Waals surface area contributed by atoms with Gasteiger partial charge in [0, 0.05) is 26.2 Å². The zero-order valence-corrected chi connectivity index (χ0v) is 16.4. The van der Waals surface area contributed by atoms with Gasteiger partial charge in [-0.3, -0.25) is 28.3 Å². The molecule has 154 valence electrons. The van der Waals surface area contributed by atoms with Crippen LogP contribution in [0.5, 0.6) is 0 Å². The van der Waals surface area contributed by atoms with Crippen molar-refractivity contribution in [3.63, 3.8) is 0 Å². The molecule has 0 saturated carbocycles. The molecule has 3 N–H and O–H groups in total. The van der Waals surface area contributed by atoms with E-state index in [1.54, 1.807) is 25.1 Å². The zero-order valence-electron chi connectivity index (χ0n) is 16.4. The first kappa shape index (κ1) is 21.6. The van der Waals surface area contributed by atoms with Gasteiger partial charge in [0.15, 0.2) is 6.61 Å². The average Bonchev–Trinajstić information content (AvgIpc) is 2.69. The van der Waals surface area contributed by atoms with E-state index in [0.717, 1.165) is 14.7 Å². The lowest BCUT2D eigenvalue weighted by Gasteiger charge is -2.11. The molecule has 10 heteroatoms. The van der Waals surface area contributed by atoms with Crippen LogP contribution in [-0.4, -0.2) is 39.9 Å². The summed E-state index contributed by atoms with van der Waals surface area (Å²) in [5.74, 6) is -2.18. The summed E-state index contributed by atoms with van der Waals surface area (Å²) in [5, 5.41) is 2.59. The van der Waals surface area contributed by atoms with Crippen molar-refractivity contribution in [3.8, 4) is 0 Å². The first-order valence-electron chi connectivity index (χ1n) is 8.73. The molecule has 2 aromatic rings. The predicted molar refractivity (Wildman–Crippen MR) is 105 cm³/mol. The maximum absolute atomic E-state index is 12.3. The lowest BCUT2D eigenvalue weighted by atomic mass is 10.1. The van der Waals surface area contributed by atoms with E-state index < -0.39 is 35.2 Å². The maximum Gasteiger partial charge on any atom is 0.332 e.